The number of carbonyl (C=O) groups is 1. The van der Waals surface area contributed by atoms with Gasteiger partial charge in [0.2, 0.25) is 5.91 Å². The number of nitrogens with zero attached hydrogens (tertiary/aromatic N) is 3. The maximum atomic E-state index is 11.2. The lowest BCUT2D eigenvalue weighted by atomic mass is 10.1. The highest BCUT2D eigenvalue weighted by atomic mass is 16.5. The largest absolute Gasteiger partial charge is 0.489 e. The molecule has 8 nitrogen and oxygen atoms in total. The van der Waals surface area contributed by atoms with Gasteiger partial charge in [0.1, 0.15) is 23.7 Å². The number of rotatable bonds is 6. The van der Waals surface area contributed by atoms with E-state index < -0.39 is 5.91 Å². The molecule has 4 rings (SSSR count). The number of ether oxygens (including phenoxy) is 2. The second-order valence-electron chi connectivity index (χ2n) is 7.08. The van der Waals surface area contributed by atoms with Crippen molar-refractivity contribution < 1.29 is 14.3 Å². The summed E-state index contributed by atoms with van der Waals surface area (Å²) in [6.07, 6.45) is 3.31. The predicted octanol–water partition coefficient (Wildman–Crippen LogP) is 3.42. The number of primary amides is 1. The molecule has 156 valence electrons. The third-order valence-corrected chi connectivity index (χ3v) is 4.92. The van der Waals surface area contributed by atoms with Crippen LogP contribution in [0.25, 0.3) is 11.4 Å². The molecule has 0 spiro atoms. The standard InChI is InChI=1S/C23H21N5O3/c24-14-17-13-16(3-6-20(17)31-19-8-11-30-12-9-19)23-26-10-7-21(28-23)27-18-4-1-15(2-5-18)22(25)29/h1-7,10,13,19H,8-9,11-12H2,(H2,25,29)(H,26,27,28). The summed E-state index contributed by atoms with van der Waals surface area (Å²) in [4.78, 5) is 20.1. The summed E-state index contributed by atoms with van der Waals surface area (Å²) >= 11 is 0. The number of nitrogens with two attached hydrogens (primary N) is 1. The first kappa shape index (κ1) is 20.3. The van der Waals surface area contributed by atoms with Crippen LogP contribution in [-0.2, 0) is 4.74 Å². The number of aromatic nitrogens is 2. The van der Waals surface area contributed by atoms with Gasteiger partial charge in [0.05, 0.1) is 18.8 Å². The molecule has 2 heterocycles. The second-order valence-corrected chi connectivity index (χ2v) is 7.08. The van der Waals surface area contributed by atoms with Gasteiger partial charge in [-0.2, -0.15) is 5.26 Å². The van der Waals surface area contributed by atoms with Gasteiger partial charge >= 0.3 is 0 Å². The van der Waals surface area contributed by atoms with E-state index in [1.54, 1.807) is 48.7 Å². The molecule has 1 amide bonds. The molecule has 0 bridgehead atoms. The lowest BCUT2D eigenvalue weighted by molar-refractivity contribution is 0.0254. The smallest absolute Gasteiger partial charge is 0.248 e. The molecule has 1 saturated heterocycles. The van der Waals surface area contributed by atoms with Crippen LogP contribution in [0, 0.1) is 11.3 Å². The highest BCUT2D eigenvalue weighted by Crippen LogP contribution is 2.27. The minimum atomic E-state index is -0.478. The van der Waals surface area contributed by atoms with Gasteiger partial charge in [0.25, 0.3) is 0 Å². The molecule has 1 aliphatic rings. The molecule has 0 radical (unpaired) electrons. The van der Waals surface area contributed by atoms with Crippen molar-refractivity contribution in [3.8, 4) is 23.2 Å². The summed E-state index contributed by atoms with van der Waals surface area (Å²) in [5, 5.41) is 12.8. The van der Waals surface area contributed by atoms with Crippen molar-refractivity contribution in [3.63, 3.8) is 0 Å². The van der Waals surface area contributed by atoms with Crippen LogP contribution >= 0.6 is 0 Å². The fraction of sp³-hybridized carbons (Fsp3) is 0.217. The highest BCUT2D eigenvalue weighted by Gasteiger charge is 2.17. The van der Waals surface area contributed by atoms with Crippen LogP contribution in [0.4, 0.5) is 11.5 Å². The van der Waals surface area contributed by atoms with Crippen molar-refractivity contribution in [3.05, 3.63) is 65.9 Å². The summed E-state index contributed by atoms with van der Waals surface area (Å²) in [6, 6.07) is 16.1. The van der Waals surface area contributed by atoms with E-state index in [2.05, 4.69) is 21.4 Å². The van der Waals surface area contributed by atoms with Crippen LogP contribution < -0.4 is 15.8 Å². The zero-order valence-electron chi connectivity index (χ0n) is 16.7. The SMILES string of the molecule is N#Cc1cc(-c2nccc(Nc3ccc(C(N)=O)cc3)n2)ccc1OC1CCOCC1. The van der Waals surface area contributed by atoms with E-state index in [1.807, 2.05) is 6.07 Å². The van der Waals surface area contributed by atoms with E-state index in [-0.39, 0.29) is 6.10 Å². The average molecular weight is 415 g/mol. The predicted molar refractivity (Wildman–Crippen MR) is 115 cm³/mol. The molecule has 0 unspecified atom stereocenters. The summed E-state index contributed by atoms with van der Waals surface area (Å²) in [5.74, 6) is 1.14. The van der Waals surface area contributed by atoms with E-state index >= 15 is 0 Å². The molecule has 1 aliphatic heterocycles. The number of nitriles is 1. The molecule has 31 heavy (non-hydrogen) atoms. The fourth-order valence-electron chi connectivity index (χ4n) is 3.27. The molecule has 2 aromatic carbocycles. The van der Waals surface area contributed by atoms with Gasteiger partial charge in [-0.1, -0.05) is 0 Å². The van der Waals surface area contributed by atoms with Crippen molar-refractivity contribution in [1.29, 1.82) is 5.26 Å². The van der Waals surface area contributed by atoms with Gasteiger partial charge < -0.3 is 20.5 Å². The number of nitrogens with one attached hydrogen (secondary N) is 1. The van der Waals surface area contributed by atoms with E-state index in [9.17, 15) is 10.1 Å². The summed E-state index contributed by atoms with van der Waals surface area (Å²) in [5.41, 5.74) is 7.61. The Kier molecular flexibility index (Phi) is 6.05. The number of benzene rings is 2. The van der Waals surface area contributed by atoms with Crippen molar-refractivity contribution >= 4 is 17.4 Å². The van der Waals surface area contributed by atoms with E-state index in [0.29, 0.717) is 47.3 Å². The van der Waals surface area contributed by atoms with Crippen LogP contribution in [0.1, 0.15) is 28.8 Å². The number of anilines is 2. The maximum absolute atomic E-state index is 11.2. The van der Waals surface area contributed by atoms with Gasteiger partial charge in [-0.25, -0.2) is 9.97 Å². The Bertz CT molecular complexity index is 1120. The highest BCUT2D eigenvalue weighted by molar-refractivity contribution is 5.93. The van der Waals surface area contributed by atoms with Crippen LogP contribution in [0.3, 0.4) is 0 Å². The van der Waals surface area contributed by atoms with Crippen molar-refractivity contribution in [2.75, 3.05) is 18.5 Å². The van der Waals surface area contributed by atoms with Crippen molar-refractivity contribution in [2.45, 2.75) is 18.9 Å². The van der Waals surface area contributed by atoms with E-state index in [4.69, 9.17) is 15.2 Å². The Hall–Kier alpha value is -3.96. The number of amides is 1. The molecule has 3 aromatic rings. The Morgan fingerprint density at radius 3 is 2.65 bits per heavy atom. The van der Waals surface area contributed by atoms with Crippen LogP contribution in [0.5, 0.6) is 5.75 Å². The summed E-state index contributed by atoms with van der Waals surface area (Å²) in [6.45, 7) is 1.34. The molecule has 3 N–H and O–H groups in total. The first-order chi connectivity index (χ1) is 15.1. The Morgan fingerprint density at radius 1 is 1.16 bits per heavy atom. The van der Waals surface area contributed by atoms with Crippen molar-refractivity contribution in [2.24, 2.45) is 5.73 Å². The van der Waals surface area contributed by atoms with Crippen LogP contribution in [-0.4, -0.2) is 35.2 Å². The molecule has 0 saturated carbocycles. The second kappa shape index (κ2) is 9.24. The number of carbonyl (C=O) groups excluding carboxylic acids is 1. The van der Waals surface area contributed by atoms with Crippen molar-refractivity contribution in [1.82, 2.24) is 9.97 Å². The Morgan fingerprint density at radius 2 is 1.94 bits per heavy atom. The van der Waals surface area contributed by atoms with Crippen LogP contribution in [0.2, 0.25) is 0 Å². The number of hydrogen-bond acceptors (Lipinski definition) is 7. The lowest BCUT2D eigenvalue weighted by Crippen LogP contribution is -2.26. The molecule has 0 aliphatic carbocycles. The van der Waals surface area contributed by atoms with Gasteiger partial charge in [0.15, 0.2) is 5.82 Å². The first-order valence-electron chi connectivity index (χ1n) is 9.91. The topological polar surface area (TPSA) is 123 Å². The maximum Gasteiger partial charge on any atom is 0.248 e. The molecule has 8 heteroatoms. The Labute approximate surface area is 179 Å². The molecular weight excluding hydrogens is 394 g/mol. The quantitative estimate of drug-likeness (QED) is 0.632. The molecule has 1 aromatic heterocycles. The zero-order chi connectivity index (χ0) is 21.6. The Balaban J connectivity index is 1.52. The summed E-state index contributed by atoms with van der Waals surface area (Å²) in [7, 11) is 0. The lowest BCUT2D eigenvalue weighted by Gasteiger charge is -2.23. The fourth-order valence-corrected chi connectivity index (χ4v) is 3.27. The monoisotopic (exact) mass is 415 g/mol. The molecular formula is C23H21N5O3. The zero-order valence-corrected chi connectivity index (χ0v) is 16.7. The normalized spacial score (nSPS) is 13.9. The van der Waals surface area contributed by atoms with Gasteiger partial charge in [-0.3, -0.25) is 4.79 Å². The average Bonchev–Trinajstić information content (AvgIpc) is 2.80. The minimum absolute atomic E-state index is 0.0523. The van der Waals surface area contributed by atoms with Gasteiger partial charge in [-0.05, 0) is 48.5 Å². The van der Waals surface area contributed by atoms with Gasteiger partial charge in [-0.15, -0.1) is 0 Å². The third kappa shape index (κ3) is 4.97. The third-order valence-electron chi connectivity index (χ3n) is 4.92. The minimum Gasteiger partial charge on any atom is -0.489 e. The van der Waals surface area contributed by atoms with Crippen LogP contribution in [0.15, 0.2) is 54.7 Å². The molecule has 0 atom stereocenters. The van der Waals surface area contributed by atoms with E-state index in [1.165, 1.54) is 0 Å². The first-order valence-corrected chi connectivity index (χ1v) is 9.91. The van der Waals surface area contributed by atoms with Gasteiger partial charge in [0, 0.05) is 35.9 Å². The molecule has 1 fully saturated rings. The summed E-state index contributed by atoms with van der Waals surface area (Å²) < 4.78 is 11.4. The van der Waals surface area contributed by atoms with E-state index in [0.717, 1.165) is 18.5 Å². The number of hydrogen-bond donors (Lipinski definition) is 2.